The van der Waals surface area contributed by atoms with Gasteiger partial charge in [0, 0.05) is 37.2 Å². The zero-order chi connectivity index (χ0) is 25.2. The van der Waals surface area contributed by atoms with E-state index in [0.29, 0.717) is 22.7 Å². The van der Waals surface area contributed by atoms with E-state index in [1.54, 1.807) is 56.4 Å². The van der Waals surface area contributed by atoms with E-state index in [4.69, 9.17) is 4.74 Å². The zero-order valence-corrected chi connectivity index (χ0v) is 19.4. The Morgan fingerprint density at radius 3 is 2.43 bits per heavy atom. The van der Waals surface area contributed by atoms with E-state index < -0.39 is 17.6 Å². The molecule has 2 aromatic carbocycles. The number of nitrogens with one attached hydrogen (secondary N) is 1. The van der Waals surface area contributed by atoms with E-state index in [2.05, 4.69) is 15.4 Å². The number of ether oxygens (including phenoxy) is 1. The number of hydrogen-bond donors (Lipinski definition) is 1. The molecule has 0 radical (unpaired) electrons. The highest BCUT2D eigenvalue weighted by molar-refractivity contribution is 5.94. The molecule has 2 aromatic heterocycles. The van der Waals surface area contributed by atoms with Gasteiger partial charge in [0.2, 0.25) is 0 Å². The smallest absolute Gasteiger partial charge is 0.416 e. The van der Waals surface area contributed by atoms with Crippen LogP contribution in [0, 0.1) is 13.8 Å². The van der Waals surface area contributed by atoms with Crippen molar-refractivity contribution in [3.05, 3.63) is 94.8 Å². The van der Waals surface area contributed by atoms with Gasteiger partial charge in [-0.2, -0.15) is 18.3 Å². The molecule has 4 aromatic rings. The van der Waals surface area contributed by atoms with Crippen molar-refractivity contribution in [1.82, 2.24) is 24.6 Å². The molecule has 35 heavy (non-hydrogen) atoms. The number of aromatic nitrogens is 4. The highest BCUT2D eigenvalue weighted by Crippen LogP contribution is 2.33. The standard InChI is InChI=1S/C25H24F3N5O2/c1-16-12-17(2)33(31-16)20-7-4-19(22(13-20)25(26,27)28)14-30-24(34)18-5-8-21(9-6-18)35-15-23-29-10-11-32(23)3/h4-13H,14-15H2,1-3H3,(H,30,34). The van der Waals surface area contributed by atoms with E-state index >= 15 is 0 Å². The van der Waals surface area contributed by atoms with Crippen LogP contribution in [-0.2, 0) is 26.4 Å². The summed E-state index contributed by atoms with van der Waals surface area (Å²) < 4.78 is 50.3. The van der Waals surface area contributed by atoms with Crippen LogP contribution in [0.4, 0.5) is 13.2 Å². The SMILES string of the molecule is Cc1cc(C)n(-c2ccc(CNC(=O)c3ccc(OCc4nccn4C)cc3)c(C(F)(F)F)c2)n1. The predicted octanol–water partition coefficient (Wildman–Crippen LogP) is 4.75. The molecule has 182 valence electrons. The minimum Gasteiger partial charge on any atom is -0.486 e. The van der Waals surface area contributed by atoms with Crippen molar-refractivity contribution >= 4 is 5.91 Å². The van der Waals surface area contributed by atoms with Gasteiger partial charge >= 0.3 is 6.18 Å². The first-order chi connectivity index (χ1) is 16.6. The summed E-state index contributed by atoms with van der Waals surface area (Å²) in [6.07, 6.45) is -1.11. The number of carbonyl (C=O) groups is 1. The highest BCUT2D eigenvalue weighted by Gasteiger charge is 2.34. The van der Waals surface area contributed by atoms with Gasteiger partial charge in [0.25, 0.3) is 5.91 Å². The number of benzene rings is 2. The van der Waals surface area contributed by atoms with Gasteiger partial charge in [-0.05, 0) is 61.9 Å². The summed E-state index contributed by atoms with van der Waals surface area (Å²) in [5, 5.41) is 6.82. The molecule has 0 unspecified atom stereocenters. The predicted molar refractivity (Wildman–Crippen MR) is 123 cm³/mol. The largest absolute Gasteiger partial charge is 0.486 e. The van der Waals surface area contributed by atoms with E-state index in [9.17, 15) is 18.0 Å². The lowest BCUT2D eigenvalue weighted by molar-refractivity contribution is -0.138. The molecule has 7 nitrogen and oxygen atoms in total. The first kappa shape index (κ1) is 24.1. The summed E-state index contributed by atoms with van der Waals surface area (Å²) in [4.78, 5) is 16.7. The van der Waals surface area contributed by atoms with Crippen molar-refractivity contribution in [1.29, 1.82) is 0 Å². The van der Waals surface area contributed by atoms with Crippen LogP contribution in [0.5, 0.6) is 5.75 Å². The lowest BCUT2D eigenvalue weighted by Crippen LogP contribution is -2.24. The molecule has 0 aliphatic heterocycles. The molecule has 0 fully saturated rings. The van der Waals surface area contributed by atoms with Crippen molar-refractivity contribution in [2.24, 2.45) is 7.05 Å². The number of nitrogens with zero attached hydrogens (tertiary/aromatic N) is 4. The van der Waals surface area contributed by atoms with Crippen molar-refractivity contribution in [3.8, 4) is 11.4 Å². The van der Waals surface area contributed by atoms with E-state index in [1.165, 1.54) is 10.7 Å². The Labute approximate surface area is 200 Å². The summed E-state index contributed by atoms with van der Waals surface area (Å²) in [6, 6.07) is 12.1. The Morgan fingerprint density at radius 1 is 1.09 bits per heavy atom. The van der Waals surface area contributed by atoms with Crippen molar-refractivity contribution in [3.63, 3.8) is 0 Å². The Balaban J connectivity index is 1.44. The summed E-state index contributed by atoms with van der Waals surface area (Å²) in [5.74, 6) is 0.802. The van der Waals surface area contributed by atoms with Gasteiger partial charge in [-0.3, -0.25) is 4.79 Å². The molecule has 1 amide bonds. The molecule has 0 aliphatic rings. The highest BCUT2D eigenvalue weighted by atomic mass is 19.4. The number of alkyl halides is 3. The van der Waals surface area contributed by atoms with E-state index in [0.717, 1.165) is 17.6 Å². The van der Waals surface area contributed by atoms with Crippen molar-refractivity contribution in [2.45, 2.75) is 33.2 Å². The molecule has 1 N–H and O–H groups in total. The lowest BCUT2D eigenvalue weighted by Gasteiger charge is -2.16. The van der Waals surface area contributed by atoms with Gasteiger partial charge in [-0.25, -0.2) is 9.67 Å². The average Bonchev–Trinajstić information content (AvgIpc) is 3.39. The third-order valence-electron chi connectivity index (χ3n) is 5.50. The van der Waals surface area contributed by atoms with Crippen LogP contribution in [0.15, 0.2) is 60.9 Å². The Kier molecular flexibility index (Phi) is 6.63. The van der Waals surface area contributed by atoms with Crippen LogP contribution >= 0.6 is 0 Å². The van der Waals surface area contributed by atoms with Gasteiger partial charge < -0.3 is 14.6 Å². The summed E-state index contributed by atoms with van der Waals surface area (Å²) in [7, 11) is 1.86. The maximum absolute atomic E-state index is 13.8. The molecular formula is C25H24F3N5O2. The fourth-order valence-electron chi connectivity index (χ4n) is 3.67. The van der Waals surface area contributed by atoms with Crippen LogP contribution in [-0.4, -0.2) is 25.2 Å². The number of rotatable bonds is 7. The molecule has 0 saturated heterocycles. The quantitative estimate of drug-likeness (QED) is 0.412. The summed E-state index contributed by atoms with van der Waals surface area (Å²) >= 11 is 0. The Bertz CT molecular complexity index is 1340. The molecule has 0 atom stereocenters. The molecule has 0 bridgehead atoms. The lowest BCUT2D eigenvalue weighted by atomic mass is 10.1. The van der Waals surface area contributed by atoms with Crippen molar-refractivity contribution in [2.75, 3.05) is 0 Å². The Hall–Kier alpha value is -4.08. The molecular weight excluding hydrogens is 459 g/mol. The maximum Gasteiger partial charge on any atom is 0.416 e. The van der Waals surface area contributed by atoms with Crippen LogP contribution in [0.2, 0.25) is 0 Å². The minimum absolute atomic E-state index is 0.0360. The van der Waals surface area contributed by atoms with E-state index in [-0.39, 0.29) is 18.7 Å². The van der Waals surface area contributed by atoms with Gasteiger partial charge in [-0.1, -0.05) is 6.07 Å². The first-order valence-corrected chi connectivity index (χ1v) is 10.8. The van der Waals surface area contributed by atoms with Crippen LogP contribution in [0.3, 0.4) is 0 Å². The minimum atomic E-state index is -4.58. The molecule has 4 rings (SSSR count). The molecule has 10 heteroatoms. The van der Waals surface area contributed by atoms with Gasteiger partial charge in [0.05, 0.1) is 16.9 Å². The number of amides is 1. The molecule has 0 spiro atoms. The first-order valence-electron chi connectivity index (χ1n) is 10.8. The van der Waals surface area contributed by atoms with Crippen molar-refractivity contribution < 1.29 is 22.7 Å². The second kappa shape index (κ2) is 9.65. The average molecular weight is 483 g/mol. The van der Waals surface area contributed by atoms with Gasteiger partial charge in [-0.15, -0.1) is 0 Å². The third-order valence-corrected chi connectivity index (χ3v) is 5.50. The van der Waals surface area contributed by atoms with E-state index in [1.807, 2.05) is 17.8 Å². The second-order valence-corrected chi connectivity index (χ2v) is 8.13. The number of aryl methyl sites for hydroxylation is 3. The monoisotopic (exact) mass is 483 g/mol. The number of carbonyl (C=O) groups excluding carboxylic acids is 1. The summed E-state index contributed by atoms with van der Waals surface area (Å²) in [5.41, 5.74) is 1.19. The number of imidazole rings is 1. The summed E-state index contributed by atoms with van der Waals surface area (Å²) in [6.45, 7) is 3.54. The fourth-order valence-corrected chi connectivity index (χ4v) is 3.67. The van der Waals surface area contributed by atoms with Gasteiger partial charge in [0.15, 0.2) is 0 Å². The normalized spacial score (nSPS) is 11.5. The molecule has 0 aliphatic carbocycles. The zero-order valence-electron chi connectivity index (χ0n) is 19.4. The molecule has 0 saturated carbocycles. The molecule has 2 heterocycles. The maximum atomic E-state index is 13.8. The third kappa shape index (κ3) is 5.53. The fraction of sp³-hybridized carbons (Fsp3) is 0.240. The number of hydrogen-bond acceptors (Lipinski definition) is 4. The van der Waals surface area contributed by atoms with Crippen LogP contribution < -0.4 is 10.1 Å². The number of halogens is 3. The van der Waals surface area contributed by atoms with Crippen LogP contribution in [0.25, 0.3) is 5.69 Å². The Morgan fingerprint density at radius 2 is 1.83 bits per heavy atom. The van der Waals surface area contributed by atoms with Crippen LogP contribution in [0.1, 0.15) is 38.7 Å². The topological polar surface area (TPSA) is 74.0 Å². The van der Waals surface area contributed by atoms with Gasteiger partial charge in [0.1, 0.15) is 18.2 Å². The second-order valence-electron chi connectivity index (χ2n) is 8.13.